The fourth-order valence-electron chi connectivity index (χ4n) is 11.3. The van der Waals surface area contributed by atoms with E-state index in [2.05, 4.69) is 159 Å². The summed E-state index contributed by atoms with van der Waals surface area (Å²) in [5.74, 6) is 3.81. The summed E-state index contributed by atoms with van der Waals surface area (Å²) >= 11 is 0. The van der Waals surface area contributed by atoms with Crippen LogP contribution in [0.2, 0.25) is 0 Å². The van der Waals surface area contributed by atoms with Crippen LogP contribution in [0.1, 0.15) is 83.0 Å². The molecule has 0 radical (unpaired) electrons. The van der Waals surface area contributed by atoms with Gasteiger partial charge in [-0.15, -0.1) is 0 Å². The highest BCUT2D eigenvalue weighted by Crippen LogP contribution is 2.56. The maximum atomic E-state index is 11.2. The summed E-state index contributed by atoms with van der Waals surface area (Å²) in [6.45, 7) is 7.56. The third-order valence-corrected chi connectivity index (χ3v) is 15.0. The van der Waals surface area contributed by atoms with E-state index in [4.69, 9.17) is 28.4 Å². The van der Waals surface area contributed by atoms with Gasteiger partial charge in [-0.25, -0.2) is 0 Å². The summed E-state index contributed by atoms with van der Waals surface area (Å²) in [6, 6.07) is 61.0. The van der Waals surface area contributed by atoms with Gasteiger partial charge >= 0.3 is 0 Å². The van der Waals surface area contributed by atoms with Crippen LogP contribution in [0.5, 0.6) is 23.0 Å². The molecule has 6 atom stereocenters. The van der Waals surface area contributed by atoms with Crippen LogP contribution in [0.3, 0.4) is 0 Å². The highest BCUT2D eigenvalue weighted by Gasteiger charge is 2.47. The van der Waals surface area contributed by atoms with E-state index in [-0.39, 0.29) is 36.3 Å². The van der Waals surface area contributed by atoms with Gasteiger partial charge in [0.15, 0.2) is 0 Å². The first-order valence-electron chi connectivity index (χ1n) is 24.2. The average molecular weight is 901 g/mol. The second kappa shape index (κ2) is 17.5. The maximum Gasteiger partial charge on any atom is 0.122 e. The summed E-state index contributed by atoms with van der Waals surface area (Å²) < 4.78 is 35.3. The van der Waals surface area contributed by atoms with Gasteiger partial charge in [-0.1, -0.05) is 123 Å². The van der Waals surface area contributed by atoms with Gasteiger partial charge in [0, 0.05) is 10.8 Å². The molecule has 68 heavy (non-hydrogen) atoms. The van der Waals surface area contributed by atoms with Crippen molar-refractivity contribution >= 4 is 21.5 Å². The molecule has 0 amide bonds. The van der Waals surface area contributed by atoms with Crippen LogP contribution < -0.4 is 18.9 Å². The van der Waals surface area contributed by atoms with E-state index in [1.807, 2.05) is 24.3 Å². The number of hydrogen-bond acceptors (Lipinski definition) is 7. The van der Waals surface area contributed by atoms with E-state index in [0.29, 0.717) is 36.5 Å². The average Bonchev–Trinajstić information content (AvgIpc) is 4.34. The third kappa shape index (κ3) is 7.96. The Kier molecular flexibility index (Phi) is 11.0. The normalized spacial score (nSPS) is 23.8. The quantitative estimate of drug-likeness (QED) is 0.0967. The molecular formula is C61H56O7. The van der Waals surface area contributed by atoms with Crippen LogP contribution in [-0.2, 0) is 20.3 Å². The van der Waals surface area contributed by atoms with Gasteiger partial charge in [0.05, 0.1) is 13.2 Å². The summed E-state index contributed by atoms with van der Waals surface area (Å²) in [5, 5.41) is 16.2. The highest BCUT2D eigenvalue weighted by molar-refractivity contribution is 5.87. The summed E-state index contributed by atoms with van der Waals surface area (Å²) in [4.78, 5) is 0. The molecule has 1 N–H and O–H groups in total. The van der Waals surface area contributed by atoms with Crippen molar-refractivity contribution in [1.82, 2.24) is 0 Å². The molecule has 6 unspecified atom stereocenters. The van der Waals surface area contributed by atoms with Gasteiger partial charge in [-0.2, -0.15) is 0 Å². The molecule has 0 aromatic heterocycles. The number of epoxide rings is 2. The van der Waals surface area contributed by atoms with Crippen LogP contribution in [0.15, 0.2) is 170 Å². The highest BCUT2D eigenvalue weighted by atomic mass is 16.6. The zero-order valence-electron chi connectivity index (χ0n) is 38.6. The molecule has 2 heterocycles. The van der Waals surface area contributed by atoms with Crippen molar-refractivity contribution in [3.05, 3.63) is 214 Å². The van der Waals surface area contributed by atoms with Crippen molar-refractivity contribution < 1.29 is 33.5 Å². The molecule has 12 rings (SSSR count). The molecule has 7 nitrogen and oxygen atoms in total. The molecule has 0 spiro atoms. The minimum absolute atomic E-state index is 0.0981. The van der Waals surface area contributed by atoms with Crippen molar-refractivity contribution in [2.24, 2.45) is 0 Å². The van der Waals surface area contributed by atoms with Gasteiger partial charge in [0.1, 0.15) is 67.7 Å². The monoisotopic (exact) mass is 900 g/mol. The molecular weight excluding hydrogens is 845 g/mol. The minimum Gasteiger partial charge on any atom is -0.491 e. The third-order valence-electron chi connectivity index (χ3n) is 15.0. The SMILES string of the molecule is CC1CC(c2ccc(OCC(O)COc3ccc(C4(c5ccc(OCC6CO6)cc5)CC(C)c5cc6ccccc6cc54)cc3)cc2)(c2ccc(OCC3CO3)cc2)c2cc3ccccc3cc21. The second-order valence-corrected chi connectivity index (χ2v) is 19.5. The summed E-state index contributed by atoms with van der Waals surface area (Å²) in [5.41, 5.74) is 9.58. The first-order chi connectivity index (χ1) is 33.3. The standard InChI is InChI=1S/C61H56O7/c1-39-31-60(47-15-23-52(24-16-47)65-35-54-37-67-54,58-29-43-9-5-3-7-41(43)27-56(39)58)45-11-19-50(20-12-45)63-33-49(62)34-64-51-21-13-46(14-22-51)61(48-17-25-53(26-18-48)66-36-55-38-68-55)32-40(2)57-28-42-8-4-6-10-44(42)30-59(57)61/h3-30,39-40,49,54-55,62H,31-38H2,1-2H3. The number of benzene rings is 8. The Hall–Kier alpha value is -6.64. The molecule has 2 saturated heterocycles. The van der Waals surface area contributed by atoms with Crippen LogP contribution in [-0.4, -0.2) is 63.1 Å². The zero-order chi connectivity index (χ0) is 45.8. The van der Waals surface area contributed by atoms with Gasteiger partial charge in [-0.05, 0) is 151 Å². The first-order valence-corrected chi connectivity index (χ1v) is 24.2. The lowest BCUT2D eigenvalue weighted by molar-refractivity contribution is 0.0626. The van der Waals surface area contributed by atoms with Crippen molar-refractivity contribution in [1.29, 1.82) is 0 Å². The smallest absolute Gasteiger partial charge is 0.122 e. The largest absolute Gasteiger partial charge is 0.491 e. The Morgan fingerprint density at radius 3 is 1.09 bits per heavy atom. The fraction of sp³-hybridized carbons (Fsp3) is 0.279. The Morgan fingerprint density at radius 1 is 0.456 bits per heavy atom. The van der Waals surface area contributed by atoms with Crippen molar-refractivity contribution in [3.63, 3.8) is 0 Å². The fourth-order valence-corrected chi connectivity index (χ4v) is 11.3. The summed E-state index contributed by atoms with van der Waals surface area (Å²) in [7, 11) is 0. The Labute approximate surface area is 398 Å². The predicted molar refractivity (Wildman–Crippen MR) is 267 cm³/mol. The lowest BCUT2D eigenvalue weighted by Crippen LogP contribution is -2.27. The van der Waals surface area contributed by atoms with Crippen molar-refractivity contribution in [3.8, 4) is 23.0 Å². The minimum atomic E-state index is -0.835. The van der Waals surface area contributed by atoms with Gasteiger partial charge < -0.3 is 33.5 Å². The Morgan fingerprint density at radius 2 is 0.765 bits per heavy atom. The lowest BCUT2D eigenvalue weighted by Gasteiger charge is -2.33. The maximum absolute atomic E-state index is 11.2. The Bertz CT molecular complexity index is 2870. The van der Waals surface area contributed by atoms with E-state index < -0.39 is 6.10 Å². The van der Waals surface area contributed by atoms with E-state index in [1.54, 1.807) is 0 Å². The predicted octanol–water partition coefficient (Wildman–Crippen LogP) is 12.1. The van der Waals surface area contributed by atoms with Crippen LogP contribution in [0.25, 0.3) is 21.5 Å². The Balaban J connectivity index is 0.753. The number of fused-ring (bicyclic) bond motifs is 4. The number of aliphatic hydroxyl groups is 1. The van der Waals surface area contributed by atoms with Gasteiger partial charge in [0.2, 0.25) is 0 Å². The number of hydrogen-bond donors (Lipinski definition) is 1. The molecule has 2 fully saturated rings. The van der Waals surface area contributed by atoms with Crippen LogP contribution in [0, 0.1) is 0 Å². The molecule has 7 heteroatoms. The van der Waals surface area contributed by atoms with Gasteiger partial charge in [-0.3, -0.25) is 0 Å². The summed E-state index contributed by atoms with van der Waals surface area (Å²) in [6.07, 6.45) is 1.45. The van der Waals surface area contributed by atoms with E-state index in [1.165, 1.54) is 66.1 Å². The zero-order valence-corrected chi connectivity index (χ0v) is 38.6. The molecule has 2 aliphatic carbocycles. The molecule has 0 bridgehead atoms. The lowest BCUT2D eigenvalue weighted by atomic mass is 9.69. The second-order valence-electron chi connectivity index (χ2n) is 19.5. The van der Waals surface area contributed by atoms with Crippen molar-refractivity contribution in [2.75, 3.05) is 39.6 Å². The number of aliphatic hydroxyl groups excluding tert-OH is 1. The van der Waals surface area contributed by atoms with Gasteiger partial charge in [0.25, 0.3) is 0 Å². The van der Waals surface area contributed by atoms with E-state index in [0.717, 1.165) is 37.6 Å². The number of rotatable bonds is 16. The molecule has 0 saturated carbocycles. The first kappa shape index (κ1) is 42.7. The van der Waals surface area contributed by atoms with E-state index >= 15 is 0 Å². The van der Waals surface area contributed by atoms with Crippen molar-refractivity contribution in [2.45, 2.75) is 67.7 Å². The molecule has 4 aliphatic rings. The van der Waals surface area contributed by atoms with E-state index in [9.17, 15) is 5.11 Å². The topological polar surface area (TPSA) is 82.2 Å². The molecule has 8 aromatic rings. The van der Waals surface area contributed by atoms with Crippen LogP contribution >= 0.6 is 0 Å². The molecule has 2 aliphatic heterocycles. The molecule has 8 aromatic carbocycles. The number of ether oxygens (including phenoxy) is 6. The van der Waals surface area contributed by atoms with Crippen LogP contribution in [0.4, 0.5) is 0 Å². The molecule has 342 valence electrons.